The maximum atomic E-state index is 12.5. The minimum atomic E-state index is -0.240. The van der Waals surface area contributed by atoms with E-state index in [0.29, 0.717) is 12.0 Å². The number of aryl methyl sites for hydroxylation is 1. The van der Waals surface area contributed by atoms with E-state index in [1.165, 1.54) is 18.4 Å². The van der Waals surface area contributed by atoms with Crippen LogP contribution in [0.1, 0.15) is 50.6 Å². The molecule has 0 spiro atoms. The number of nitrogens with zero attached hydrogens (tertiary/aromatic N) is 3. The molecule has 1 aromatic heterocycles. The number of anilines is 2. The zero-order valence-electron chi connectivity index (χ0n) is 19.3. The first-order chi connectivity index (χ1) is 15.5. The molecule has 170 valence electrons. The number of hydrogen-bond acceptors (Lipinski definition) is 3. The lowest BCUT2D eigenvalue weighted by Crippen LogP contribution is -2.37. The second-order valence-electron chi connectivity index (χ2n) is 9.24. The van der Waals surface area contributed by atoms with Gasteiger partial charge in [-0.15, -0.1) is 0 Å². The Kier molecular flexibility index (Phi) is 7.10. The summed E-state index contributed by atoms with van der Waals surface area (Å²) in [7, 11) is 0. The fourth-order valence-electron chi connectivity index (χ4n) is 4.78. The third-order valence-corrected chi connectivity index (χ3v) is 6.84. The molecule has 2 amide bonds. The summed E-state index contributed by atoms with van der Waals surface area (Å²) in [6.07, 6.45) is 9.87. The van der Waals surface area contributed by atoms with E-state index in [1.54, 1.807) is 11.8 Å². The van der Waals surface area contributed by atoms with Crippen molar-refractivity contribution in [2.24, 2.45) is 5.92 Å². The number of nitrogens with one attached hydrogen (secondary N) is 2. The topological polar surface area (TPSA) is 62.2 Å². The summed E-state index contributed by atoms with van der Waals surface area (Å²) in [5, 5.41) is 10.4. The van der Waals surface area contributed by atoms with Crippen LogP contribution in [0.15, 0.2) is 60.3 Å². The Balaban J connectivity index is 1.28. The monoisotopic (exact) mass is 433 g/mol. The van der Waals surface area contributed by atoms with Crippen LogP contribution in [0, 0.1) is 12.8 Å². The number of carbonyl (C=O) groups is 1. The molecule has 1 fully saturated rings. The van der Waals surface area contributed by atoms with Crippen LogP contribution in [0.25, 0.3) is 0 Å². The van der Waals surface area contributed by atoms with Gasteiger partial charge in [0.15, 0.2) is 0 Å². The molecule has 2 N–H and O–H groups in total. The zero-order chi connectivity index (χ0) is 22.5. The van der Waals surface area contributed by atoms with Crippen molar-refractivity contribution in [1.82, 2.24) is 14.7 Å². The van der Waals surface area contributed by atoms with Crippen LogP contribution in [0.2, 0.25) is 0 Å². The highest BCUT2D eigenvalue weighted by molar-refractivity contribution is 5.99. The van der Waals surface area contributed by atoms with E-state index in [-0.39, 0.29) is 6.03 Å². The summed E-state index contributed by atoms with van der Waals surface area (Å²) in [5.74, 6) is 1.41. The molecular formula is C26H35N5O. The highest BCUT2D eigenvalue weighted by Crippen LogP contribution is 2.30. The second-order valence-corrected chi connectivity index (χ2v) is 9.24. The van der Waals surface area contributed by atoms with E-state index in [2.05, 4.69) is 40.2 Å². The van der Waals surface area contributed by atoms with Gasteiger partial charge in [0.2, 0.25) is 0 Å². The molecule has 32 heavy (non-hydrogen) atoms. The van der Waals surface area contributed by atoms with Crippen molar-refractivity contribution in [3.63, 3.8) is 0 Å². The van der Waals surface area contributed by atoms with Crippen LogP contribution in [-0.2, 0) is 0 Å². The molecule has 2 heterocycles. The molecular weight excluding hydrogens is 398 g/mol. The molecule has 0 radical (unpaired) electrons. The SMILES string of the molecule is C=C(C)[C@@H]1CC=C(CN2CCC(n3nccc3NC(=O)Nc3ccccc3C)CC2)CC1. The smallest absolute Gasteiger partial charge is 0.307 e. The highest BCUT2D eigenvalue weighted by Gasteiger charge is 2.24. The Morgan fingerprint density at radius 2 is 1.94 bits per heavy atom. The first-order valence-electron chi connectivity index (χ1n) is 11.7. The molecule has 1 aliphatic carbocycles. The zero-order valence-corrected chi connectivity index (χ0v) is 19.3. The van der Waals surface area contributed by atoms with Crippen molar-refractivity contribution in [2.45, 2.75) is 52.0 Å². The summed E-state index contributed by atoms with van der Waals surface area (Å²) < 4.78 is 1.98. The Hall–Kier alpha value is -2.86. The molecule has 0 saturated carbocycles. The van der Waals surface area contributed by atoms with Gasteiger partial charge >= 0.3 is 6.03 Å². The van der Waals surface area contributed by atoms with Crippen LogP contribution < -0.4 is 10.6 Å². The number of carbonyl (C=O) groups excluding carboxylic acids is 1. The number of amides is 2. The summed E-state index contributed by atoms with van der Waals surface area (Å²) in [6, 6.07) is 9.71. The van der Waals surface area contributed by atoms with Gasteiger partial charge in [-0.1, -0.05) is 42.0 Å². The molecule has 0 unspecified atom stereocenters. The first-order valence-corrected chi connectivity index (χ1v) is 11.7. The molecule has 6 nitrogen and oxygen atoms in total. The Labute approximate surface area is 191 Å². The number of allylic oxidation sites excluding steroid dienone is 2. The van der Waals surface area contributed by atoms with E-state index < -0.39 is 0 Å². The summed E-state index contributed by atoms with van der Waals surface area (Å²) in [6.45, 7) is 11.5. The lowest BCUT2D eigenvalue weighted by Gasteiger charge is -2.34. The average Bonchev–Trinajstić information content (AvgIpc) is 3.24. The molecule has 2 aliphatic rings. The number of rotatable bonds is 6. The lowest BCUT2D eigenvalue weighted by molar-refractivity contribution is 0.191. The van der Waals surface area contributed by atoms with Gasteiger partial charge in [-0.05, 0) is 63.5 Å². The predicted octanol–water partition coefficient (Wildman–Crippen LogP) is 5.78. The number of piperidine rings is 1. The first kappa shape index (κ1) is 22.3. The average molecular weight is 434 g/mol. The van der Waals surface area contributed by atoms with Gasteiger partial charge in [-0.3, -0.25) is 10.2 Å². The standard InChI is InChI=1S/C26H35N5O/c1-19(2)22-10-8-21(9-11-22)18-30-16-13-23(14-17-30)31-25(12-15-27-31)29-26(32)28-24-7-5-4-6-20(24)3/h4-8,12,15,22-23H,1,9-11,13-14,16-18H2,2-3H3,(H2,28,29,32)/t22-/m1/s1. The van der Waals surface area contributed by atoms with Crippen molar-refractivity contribution in [2.75, 3.05) is 30.3 Å². The van der Waals surface area contributed by atoms with Gasteiger partial charge < -0.3 is 5.32 Å². The third kappa shape index (κ3) is 5.49. The Morgan fingerprint density at radius 1 is 1.16 bits per heavy atom. The van der Waals surface area contributed by atoms with Crippen molar-refractivity contribution >= 4 is 17.5 Å². The van der Waals surface area contributed by atoms with Gasteiger partial charge in [0, 0.05) is 31.4 Å². The van der Waals surface area contributed by atoms with Crippen LogP contribution in [0.3, 0.4) is 0 Å². The van der Waals surface area contributed by atoms with Crippen LogP contribution in [0.5, 0.6) is 0 Å². The van der Waals surface area contributed by atoms with Crippen molar-refractivity contribution in [3.8, 4) is 0 Å². The summed E-state index contributed by atoms with van der Waals surface area (Å²) in [4.78, 5) is 15.1. The number of urea groups is 1. The van der Waals surface area contributed by atoms with Gasteiger partial charge in [-0.25, -0.2) is 9.48 Å². The molecule has 2 aromatic rings. The second kappa shape index (κ2) is 10.2. The van der Waals surface area contributed by atoms with Crippen LogP contribution in [-0.4, -0.2) is 40.3 Å². The lowest BCUT2D eigenvalue weighted by atomic mass is 9.85. The van der Waals surface area contributed by atoms with Gasteiger partial charge in [0.1, 0.15) is 5.82 Å². The van der Waals surface area contributed by atoms with Gasteiger partial charge in [-0.2, -0.15) is 5.10 Å². The molecule has 0 bridgehead atoms. The fourth-order valence-corrected chi connectivity index (χ4v) is 4.78. The normalized spacial score (nSPS) is 19.9. The van der Waals surface area contributed by atoms with Crippen molar-refractivity contribution < 1.29 is 4.79 Å². The Morgan fingerprint density at radius 3 is 2.62 bits per heavy atom. The summed E-state index contributed by atoms with van der Waals surface area (Å²) >= 11 is 0. The van der Waals surface area contributed by atoms with E-state index in [9.17, 15) is 4.79 Å². The van der Waals surface area contributed by atoms with E-state index in [0.717, 1.165) is 56.0 Å². The van der Waals surface area contributed by atoms with Crippen molar-refractivity contribution in [1.29, 1.82) is 0 Å². The van der Waals surface area contributed by atoms with Crippen LogP contribution in [0.4, 0.5) is 16.3 Å². The minimum absolute atomic E-state index is 0.240. The largest absolute Gasteiger partial charge is 0.324 e. The fraction of sp³-hybridized carbons (Fsp3) is 0.462. The van der Waals surface area contributed by atoms with Crippen molar-refractivity contribution in [3.05, 3.63) is 65.9 Å². The molecule has 4 rings (SSSR count). The van der Waals surface area contributed by atoms with Crippen LogP contribution >= 0.6 is 0 Å². The van der Waals surface area contributed by atoms with E-state index in [1.807, 2.05) is 41.9 Å². The van der Waals surface area contributed by atoms with E-state index in [4.69, 9.17) is 0 Å². The van der Waals surface area contributed by atoms with Gasteiger partial charge in [0.05, 0.1) is 12.2 Å². The molecule has 1 aromatic carbocycles. The number of likely N-dealkylation sites (tertiary alicyclic amines) is 1. The number of hydrogen-bond donors (Lipinski definition) is 2. The quantitative estimate of drug-likeness (QED) is 0.568. The minimum Gasteiger partial charge on any atom is -0.307 e. The predicted molar refractivity (Wildman–Crippen MR) is 131 cm³/mol. The summed E-state index contributed by atoms with van der Waals surface area (Å²) in [5.41, 5.74) is 4.75. The molecule has 1 aliphatic heterocycles. The molecule has 1 atom stereocenters. The number of benzene rings is 1. The number of para-hydroxylation sites is 1. The number of aromatic nitrogens is 2. The molecule has 1 saturated heterocycles. The Bertz CT molecular complexity index is 984. The maximum Gasteiger partial charge on any atom is 0.324 e. The maximum absolute atomic E-state index is 12.5. The molecule has 6 heteroatoms. The van der Waals surface area contributed by atoms with E-state index >= 15 is 0 Å². The highest BCUT2D eigenvalue weighted by atomic mass is 16.2. The van der Waals surface area contributed by atoms with Gasteiger partial charge in [0.25, 0.3) is 0 Å². The third-order valence-electron chi connectivity index (χ3n) is 6.84.